The van der Waals surface area contributed by atoms with Crippen molar-refractivity contribution in [2.24, 2.45) is 0 Å². The minimum Gasteiger partial charge on any atom is -0.368 e. The lowest BCUT2D eigenvalue weighted by molar-refractivity contribution is 0.195. The van der Waals surface area contributed by atoms with Crippen molar-refractivity contribution in [1.29, 1.82) is 5.26 Å². The van der Waals surface area contributed by atoms with E-state index in [-0.39, 0.29) is 12.1 Å². The third kappa shape index (κ3) is 5.39. The number of hydrogen-bond donors (Lipinski definition) is 3. The fraction of sp³-hybridized carbons (Fsp3) is 0.286. The molecule has 29 heavy (non-hydrogen) atoms. The zero-order valence-corrected chi connectivity index (χ0v) is 16.3. The number of piperazine rings is 1. The van der Waals surface area contributed by atoms with Crippen molar-refractivity contribution in [3.8, 4) is 6.07 Å². The molecule has 0 unspecified atom stereocenters. The Morgan fingerprint density at radius 2 is 1.69 bits per heavy atom. The van der Waals surface area contributed by atoms with Gasteiger partial charge in [-0.05, 0) is 49.4 Å². The summed E-state index contributed by atoms with van der Waals surface area (Å²) in [7, 11) is 0. The van der Waals surface area contributed by atoms with Gasteiger partial charge in [0.25, 0.3) is 0 Å². The number of nitriles is 1. The van der Waals surface area contributed by atoms with Crippen LogP contribution < -0.4 is 20.9 Å². The Morgan fingerprint density at radius 1 is 1.00 bits per heavy atom. The lowest BCUT2D eigenvalue weighted by Gasteiger charge is -2.36. The quantitative estimate of drug-likeness (QED) is 0.744. The van der Waals surface area contributed by atoms with E-state index in [0.717, 1.165) is 18.8 Å². The number of hydrogen-bond acceptors (Lipinski definition) is 4. The standard InChI is InChI=1S/C21H24N6O2/c1-2-23-21(29)27-12-10-26(11-13-27)19-8-6-17(7-9-19)24-20(28)25-18-5-3-4-16(14-18)15-22/h3-9,14H,2,10-13H2,1H3,(H,23,29)(H2,24,25,28). The van der Waals surface area contributed by atoms with Crippen LogP contribution in [-0.4, -0.2) is 49.7 Å². The number of carbonyl (C=O) groups excluding carboxylic acids is 2. The van der Waals surface area contributed by atoms with Crippen molar-refractivity contribution >= 4 is 29.1 Å². The summed E-state index contributed by atoms with van der Waals surface area (Å²) in [5.74, 6) is 0. The molecule has 0 aromatic heterocycles. The summed E-state index contributed by atoms with van der Waals surface area (Å²) in [5, 5.41) is 17.2. The number of nitrogens with one attached hydrogen (secondary N) is 3. The van der Waals surface area contributed by atoms with Crippen LogP contribution in [0.2, 0.25) is 0 Å². The third-order valence-corrected chi connectivity index (χ3v) is 4.63. The molecule has 8 heteroatoms. The number of anilines is 3. The van der Waals surface area contributed by atoms with Gasteiger partial charge < -0.3 is 25.8 Å². The molecule has 2 aromatic carbocycles. The van der Waals surface area contributed by atoms with Gasteiger partial charge in [-0.1, -0.05) is 6.07 Å². The Balaban J connectivity index is 1.52. The van der Waals surface area contributed by atoms with E-state index in [4.69, 9.17) is 5.26 Å². The van der Waals surface area contributed by atoms with Crippen LogP contribution in [0.1, 0.15) is 12.5 Å². The average Bonchev–Trinajstić information content (AvgIpc) is 2.74. The van der Waals surface area contributed by atoms with E-state index in [1.807, 2.05) is 42.2 Å². The molecule has 0 aliphatic carbocycles. The van der Waals surface area contributed by atoms with Gasteiger partial charge in [0.05, 0.1) is 11.6 Å². The average molecular weight is 392 g/mol. The molecule has 1 aliphatic rings. The molecule has 4 amide bonds. The zero-order chi connectivity index (χ0) is 20.6. The van der Waals surface area contributed by atoms with Gasteiger partial charge in [0, 0.05) is 49.8 Å². The topological polar surface area (TPSA) is 100 Å². The van der Waals surface area contributed by atoms with Gasteiger partial charge in [0.15, 0.2) is 0 Å². The molecule has 1 heterocycles. The van der Waals surface area contributed by atoms with Gasteiger partial charge in [-0.15, -0.1) is 0 Å². The maximum Gasteiger partial charge on any atom is 0.323 e. The number of benzene rings is 2. The second-order valence-electron chi connectivity index (χ2n) is 6.63. The van der Waals surface area contributed by atoms with Crippen molar-refractivity contribution in [3.05, 3.63) is 54.1 Å². The molecule has 0 radical (unpaired) electrons. The van der Waals surface area contributed by atoms with Crippen LogP contribution in [0, 0.1) is 11.3 Å². The summed E-state index contributed by atoms with van der Waals surface area (Å²) in [6.07, 6.45) is 0. The summed E-state index contributed by atoms with van der Waals surface area (Å²) >= 11 is 0. The molecule has 2 aromatic rings. The Kier molecular flexibility index (Phi) is 6.53. The van der Waals surface area contributed by atoms with Gasteiger partial charge in [-0.3, -0.25) is 0 Å². The minimum atomic E-state index is -0.372. The van der Waals surface area contributed by atoms with E-state index >= 15 is 0 Å². The molecule has 1 aliphatic heterocycles. The Morgan fingerprint density at radius 3 is 2.34 bits per heavy atom. The first-order valence-electron chi connectivity index (χ1n) is 9.55. The highest BCUT2D eigenvalue weighted by molar-refractivity contribution is 5.99. The summed E-state index contributed by atoms with van der Waals surface area (Å²) in [5.41, 5.74) is 2.76. The van der Waals surface area contributed by atoms with Crippen molar-refractivity contribution < 1.29 is 9.59 Å². The highest BCUT2D eigenvalue weighted by Crippen LogP contribution is 2.20. The van der Waals surface area contributed by atoms with Crippen LogP contribution >= 0.6 is 0 Å². The highest BCUT2D eigenvalue weighted by Gasteiger charge is 2.20. The lowest BCUT2D eigenvalue weighted by atomic mass is 10.2. The van der Waals surface area contributed by atoms with Crippen molar-refractivity contribution in [1.82, 2.24) is 10.2 Å². The number of rotatable bonds is 4. The SMILES string of the molecule is CCNC(=O)N1CCN(c2ccc(NC(=O)Nc3cccc(C#N)c3)cc2)CC1. The van der Waals surface area contributed by atoms with Crippen molar-refractivity contribution in [2.75, 3.05) is 48.3 Å². The van der Waals surface area contributed by atoms with E-state index in [0.29, 0.717) is 36.6 Å². The summed E-state index contributed by atoms with van der Waals surface area (Å²) < 4.78 is 0. The number of amides is 4. The lowest BCUT2D eigenvalue weighted by Crippen LogP contribution is -2.51. The Hall–Kier alpha value is -3.73. The van der Waals surface area contributed by atoms with Crippen LogP contribution in [-0.2, 0) is 0 Å². The first-order valence-corrected chi connectivity index (χ1v) is 9.55. The molecule has 8 nitrogen and oxygen atoms in total. The molecule has 1 saturated heterocycles. The van der Waals surface area contributed by atoms with E-state index in [9.17, 15) is 9.59 Å². The number of carbonyl (C=O) groups is 2. The second-order valence-corrected chi connectivity index (χ2v) is 6.63. The first-order chi connectivity index (χ1) is 14.1. The van der Waals surface area contributed by atoms with Crippen molar-refractivity contribution in [3.63, 3.8) is 0 Å². The third-order valence-electron chi connectivity index (χ3n) is 4.63. The van der Waals surface area contributed by atoms with Gasteiger partial charge in [0.1, 0.15) is 0 Å². The Bertz CT molecular complexity index is 898. The predicted octanol–water partition coefficient (Wildman–Crippen LogP) is 3.05. The summed E-state index contributed by atoms with van der Waals surface area (Å²) in [6, 6.07) is 16.0. The first kappa shape index (κ1) is 20.0. The molecule has 150 valence electrons. The highest BCUT2D eigenvalue weighted by atomic mass is 16.2. The van der Waals surface area contributed by atoms with Crippen LogP contribution in [0.3, 0.4) is 0 Å². The van der Waals surface area contributed by atoms with E-state index < -0.39 is 0 Å². The van der Waals surface area contributed by atoms with Crippen molar-refractivity contribution in [2.45, 2.75) is 6.92 Å². The molecule has 1 fully saturated rings. The van der Waals surface area contributed by atoms with E-state index in [2.05, 4.69) is 20.9 Å². The maximum atomic E-state index is 12.2. The van der Waals surface area contributed by atoms with Crippen LogP contribution in [0.5, 0.6) is 0 Å². The normalized spacial score (nSPS) is 13.4. The maximum absolute atomic E-state index is 12.2. The Labute approximate surface area is 170 Å². The summed E-state index contributed by atoms with van der Waals surface area (Å²) in [6.45, 7) is 5.42. The fourth-order valence-corrected chi connectivity index (χ4v) is 3.15. The van der Waals surface area contributed by atoms with Gasteiger partial charge in [-0.25, -0.2) is 9.59 Å². The molecular weight excluding hydrogens is 368 g/mol. The smallest absolute Gasteiger partial charge is 0.323 e. The molecule has 3 N–H and O–H groups in total. The largest absolute Gasteiger partial charge is 0.368 e. The van der Waals surface area contributed by atoms with Gasteiger partial charge in [0.2, 0.25) is 0 Å². The van der Waals surface area contributed by atoms with Crippen LogP contribution in [0.25, 0.3) is 0 Å². The summed E-state index contributed by atoms with van der Waals surface area (Å²) in [4.78, 5) is 28.1. The van der Waals surface area contributed by atoms with E-state index in [1.54, 1.807) is 24.3 Å². The van der Waals surface area contributed by atoms with Crippen LogP contribution in [0.15, 0.2) is 48.5 Å². The zero-order valence-electron chi connectivity index (χ0n) is 16.3. The molecule has 0 spiro atoms. The molecule has 0 atom stereocenters. The molecule has 0 bridgehead atoms. The minimum absolute atomic E-state index is 0.0157. The molecule has 3 rings (SSSR count). The molecule has 0 saturated carbocycles. The number of nitrogens with zero attached hydrogens (tertiary/aromatic N) is 3. The molecular formula is C21H24N6O2. The van der Waals surface area contributed by atoms with Gasteiger partial charge >= 0.3 is 12.1 Å². The van der Waals surface area contributed by atoms with Crippen LogP contribution in [0.4, 0.5) is 26.7 Å². The van der Waals surface area contributed by atoms with E-state index in [1.165, 1.54) is 0 Å². The fourth-order valence-electron chi connectivity index (χ4n) is 3.15. The number of urea groups is 2. The second kappa shape index (κ2) is 9.46. The predicted molar refractivity (Wildman–Crippen MR) is 113 cm³/mol. The van der Waals surface area contributed by atoms with Gasteiger partial charge in [-0.2, -0.15) is 5.26 Å². The monoisotopic (exact) mass is 392 g/mol.